The van der Waals surface area contributed by atoms with Crippen LogP contribution in [0.3, 0.4) is 0 Å². The third-order valence-electron chi connectivity index (χ3n) is 5.80. The van der Waals surface area contributed by atoms with E-state index in [-0.39, 0.29) is 16.9 Å². The lowest BCUT2D eigenvalue weighted by atomic mass is 9.73. The zero-order valence-corrected chi connectivity index (χ0v) is 18.1. The number of aryl methyl sites for hydroxylation is 1. The number of anilines is 2. The quantitative estimate of drug-likeness (QED) is 0.668. The molecular formula is C24H28N2O4. The molecule has 0 bridgehead atoms. The minimum atomic E-state index is -0.400. The van der Waals surface area contributed by atoms with E-state index in [1.807, 2.05) is 13.0 Å². The summed E-state index contributed by atoms with van der Waals surface area (Å²) in [7, 11) is 3.00. The number of Topliss-reactive ketones (excluding diaryl/α,β-unsaturated/α-hetero) is 1. The number of aromatic hydroxyl groups is 1. The number of phenols is 1. The van der Waals surface area contributed by atoms with Gasteiger partial charge in [-0.2, -0.15) is 0 Å². The number of ketones is 1. The number of hydrogen-bond acceptors (Lipinski definition) is 6. The molecule has 6 nitrogen and oxygen atoms in total. The highest BCUT2D eigenvalue weighted by Crippen LogP contribution is 2.47. The maximum absolute atomic E-state index is 13.3. The Morgan fingerprint density at radius 1 is 1.03 bits per heavy atom. The molecule has 0 saturated carbocycles. The van der Waals surface area contributed by atoms with E-state index >= 15 is 0 Å². The number of fused-ring (bicyclic) bond motifs is 1. The van der Waals surface area contributed by atoms with Gasteiger partial charge < -0.3 is 25.2 Å². The first-order valence-corrected chi connectivity index (χ1v) is 10.1. The maximum atomic E-state index is 13.3. The SMILES string of the molecule is COc1cc(C2Nc3cc(C)ccc3NC3=C2C(=O)CC(C)(C)C3)cc(OC)c1O. The Balaban J connectivity index is 1.93. The normalized spacial score (nSPS) is 19.8. The van der Waals surface area contributed by atoms with E-state index < -0.39 is 6.04 Å². The summed E-state index contributed by atoms with van der Waals surface area (Å²) in [6.45, 7) is 6.27. The van der Waals surface area contributed by atoms with Crippen LogP contribution in [0.1, 0.15) is 43.9 Å². The van der Waals surface area contributed by atoms with Gasteiger partial charge in [-0.1, -0.05) is 19.9 Å². The molecule has 1 unspecified atom stereocenters. The van der Waals surface area contributed by atoms with Crippen LogP contribution in [0.25, 0.3) is 0 Å². The molecule has 3 N–H and O–H groups in total. The Kier molecular flexibility index (Phi) is 4.88. The molecule has 0 saturated heterocycles. The molecular weight excluding hydrogens is 380 g/mol. The lowest BCUT2D eigenvalue weighted by molar-refractivity contribution is -0.118. The fourth-order valence-electron chi connectivity index (χ4n) is 4.39. The monoisotopic (exact) mass is 408 g/mol. The van der Waals surface area contributed by atoms with Crippen molar-refractivity contribution < 1.29 is 19.4 Å². The van der Waals surface area contributed by atoms with E-state index in [9.17, 15) is 9.90 Å². The molecule has 6 heteroatoms. The van der Waals surface area contributed by atoms with E-state index in [4.69, 9.17) is 9.47 Å². The number of nitrogens with one attached hydrogen (secondary N) is 2. The van der Waals surface area contributed by atoms with Gasteiger partial charge >= 0.3 is 0 Å². The topological polar surface area (TPSA) is 79.8 Å². The predicted molar refractivity (Wildman–Crippen MR) is 117 cm³/mol. The van der Waals surface area contributed by atoms with Crippen molar-refractivity contribution in [2.24, 2.45) is 5.41 Å². The number of phenolic OH excluding ortho intramolecular Hbond substituents is 1. The van der Waals surface area contributed by atoms with Gasteiger partial charge in [-0.15, -0.1) is 0 Å². The number of allylic oxidation sites excluding steroid dienone is 1. The third-order valence-corrected chi connectivity index (χ3v) is 5.80. The van der Waals surface area contributed by atoms with Crippen LogP contribution in [0.15, 0.2) is 41.6 Å². The van der Waals surface area contributed by atoms with Crippen molar-refractivity contribution in [1.82, 2.24) is 0 Å². The first-order valence-electron chi connectivity index (χ1n) is 10.1. The highest BCUT2D eigenvalue weighted by molar-refractivity contribution is 6.01. The lowest BCUT2D eigenvalue weighted by Gasteiger charge is -2.34. The molecule has 0 aromatic heterocycles. The van der Waals surface area contributed by atoms with Gasteiger partial charge in [-0.25, -0.2) is 0 Å². The predicted octanol–water partition coefficient (Wildman–Crippen LogP) is 4.94. The Morgan fingerprint density at radius 3 is 2.33 bits per heavy atom. The van der Waals surface area contributed by atoms with Crippen LogP contribution < -0.4 is 20.1 Å². The van der Waals surface area contributed by atoms with Crippen molar-refractivity contribution in [2.75, 3.05) is 24.9 Å². The van der Waals surface area contributed by atoms with Gasteiger partial charge in [-0.3, -0.25) is 4.79 Å². The average molecular weight is 408 g/mol. The summed E-state index contributed by atoms with van der Waals surface area (Å²) in [4.78, 5) is 13.3. The van der Waals surface area contributed by atoms with Crippen molar-refractivity contribution in [3.8, 4) is 17.2 Å². The van der Waals surface area contributed by atoms with Gasteiger partial charge in [0, 0.05) is 17.7 Å². The second-order valence-electron chi connectivity index (χ2n) is 8.86. The van der Waals surface area contributed by atoms with Gasteiger partial charge in [0.25, 0.3) is 0 Å². The summed E-state index contributed by atoms with van der Waals surface area (Å²) >= 11 is 0. The van der Waals surface area contributed by atoms with E-state index in [0.717, 1.165) is 40.2 Å². The number of hydrogen-bond donors (Lipinski definition) is 3. The summed E-state index contributed by atoms with van der Waals surface area (Å²) in [6.07, 6.45) is 1.25. The Hall–Kier alpha value is -3.15. The number of carbonyl (C=O) groups is 1. The zero-order chi connectivity index (χ0) is 21.6. The van der Waals surface area contributed by atoms with Crippen molar-refractivity contribution in [3.63, 3.8) is 0 Å². The molecule has 1 aliphatic heterocycles. The van der Waals surface area contributed by atoms with Crippen LogP contribution in [-0.4, -0.2) is 25.1 Å². The van der Waals surface area contributed by atoms with Gasteiger partial charge in [0.2, 0.25) is 5.75 Å². The molecule has 2 aromatic rings. The first-order chi connectivity index (χ1) is 14.2. The van der Waals surface area contributed by atoms with Crippen LogP contribution in [0, 0.1) is 12.3 Å². The van der Waals surface area contributed by atoms with E-state index in [1.165, 1.54) is 14.2 Å². The van der Waals surface area contributed by atoms with Crippen molar-refractivity contribution >= 4 is 17.2 Å². The summed E-state index contributed by atoms with van der Waals surface area (Å²) in [5.41, 5.74) is 5.31. The van der Waals surface area contributed by atoms with E-state index in [1.54, 1.807) is 12.1 Å². The Labute approximate surface area is 176 Å². The second-order valence-corrected chi connectivity index (χ2v) is 8.86. The summed E-state index contributed by atoms with van der Waals surface area (Å²) < 4.78 is 10.7. The smallest absolute Gasteiger partial charge is 0.200 e. The average Bonchev–Trinajstić information content (AvgIpc) is 2.83. The van der Waals surface area contributed by atoms with E-state index in [2.05, 4.69) is 36.6 Å². The molecule has 1 heterocycles. The fourth-order valence-corrected chi connectivity index (χ4v) is 4.39. The molecule has 30 heavy (non-hydrogen) atoms. The van der Waals surface area contributed by atoms with Crippen molar-refractivity contribution in [2.45, 2.75) is 39.7 Å². The van der Waals surface area contributed by atoms with Crippen LogP contribution in [0.5, 0.6) is 17.2 Å². The standard InChI is InChI=1S/C24H28N2O4/c1-13-6-7-15-16(8-13)26-22(14-9-19(29-4)23(28)20(10-14)30-5)21-17(25-15)11-24(2,3)12-18(21)27/h6-10,22,25-26,28H,11-12H2,1-5H3. The summed E-state index contributed by atoms with van der Waals surface area (Å²) in [5, 5.41) is 17.4. The van der Waals surface area contributed by atoms with Crippen LogP contribution >= 0.6 is 0 Å². The van der Waals surface area contributed by atoms with Gasteiger partial charge in [0.1, 0.15) is 0 Å². The second kappa shape index (κ2) is 7.27. The molecule has 0 fully saturated rings. The number of rotatable bonds is 3. The molecule has 158 valence electrons. The highest BCUT2D eigenvalue weighted by atomic mass is 16.5. The minimum absolute atomic E-state index is 0.0583. The largest absolute Gasteiger partial charge is 0.502 e. The van der Waals surface area contributed by atoms with Crippen LogP contribution in [0.2, 0.25) is 0 Å². The highest BCUT2D eigenvalue weighted by Gasteiger charge is 2.39. The Morgan fingerprint density at radius 2 is 1.70 bits per heavy atom. The van der Waals surface area contributed by atoms with E-state index in [0.29, 0.717) is 17.9 Å². The zero-order valence-electron chi connectivity index (χ0n) is 18.1. The molecule has 0 amide bonds. The number of methoxy groups -OCH3 is 2. The lowest BCUT2D eigenvalue weighted by Crippen LogP contribution is -2.31. The summed E-state index contributed by atoms with van der Waals surface area (Å²) in [5.74, 6) is 0.663. The number of carbonyl (C=O) groups excluding carboxylic acids is 1. The summed E-state index contributed by atoms with van der Waals surface area (Å²) in [6, 6.07) is 9.27. The number of ether oxygens (including phenoxy) is 2. The fraction of sp³-hybridized carbons (Fsp3) is 0.375. The van der Waals surface area contributed by atoms with Gasteiger partial charge in [-0.05, 0) is 54.2 Å². The van der Waals surface area contributed by atoms with Crippen molar-refractivity contribution in [3.05, 3.63) is 52.7 Å². The third kappa shape index (κ3) is 3.47. The molecule has 0 radical (unpaired) electrons. The van der Waals surface area contributed by atoms with Gasteiger partial charge in [0.15, 0.2) is 17.3 Å². The van der Waals surface area contributed by atoms with Crippen LogP contribution in [0.4, 0.5) is 11.4 Å². The Bertz CT molecular complexity index is 1030. The molecule has 0 spiro atoms. The number of benzene rings is 2. The molecule has 2 aromatic carbocycles. The molecule has 2 aliphatic rings. The molecule has 1 atom stereocenters. The van der Waals surface area contributed by atoms with Crippen molar-refractivity contribution in [1.29, 1.82) is 0 Å². The first kappa shape index (κ1) is 20.1. The van der Waals surface area contributed by atoms with Crippen LogP contribution in [-0.2, 0) is 4.79 Å². The molecule has 1 aliphatic carbocycles. The van der Waals surface area contributed by atoms with Gasteiger partial charge in [0.05, 0.1) is 31.6 Å². The molecule has 4 rings (SSSR count). The minimum Gasteiger partial charge on any atom is -0.502 e. The maximum Gasteiger partial charge on any atom is 0.200 e.